The Kier molecular flexibility index (Phi) is 29.6. The van der Waals surface area contributed by atoms with Crippen LogP contribution in [0.2, 0.25) is 0 Å². The average Bonchev–Trinajstić information content (AvgIpc) is 2.87. The summed E-state index contributed by atoms with van der Waals surface area (Å²) in [6.07, 6.45) is 40.7. The molecule has 2 N–H and O–H groups in total. The topological polar surface area (TPSA) is 43.7 Å². The van der Waals surface area contributed by atoms with Crippen molar-refractivity contribution in [2.45, 2.75) is 207 Å². The van der Waals surface area contributed by atoms with Crippen LogP contribution in [0.4, 0.5) is 0 Å². The van der Waals surface area contributed by atoms with E-state index in [1.165, 1.54) is 167 Å². The highest BCUT2D eigenvalue weighted by Gasteiger charge is 2.10. The molecule has 2 unspecified atom stereocenters. The molecule has 0 aliphatic carbocycles. The molecule has 0 radical (unpaired) electrons. The van der Waals surface area contributed by atoms with Gasteiger partial charge in [-0.15, -0.1) is 0 Å². The third kappa shape index (κ3) is 28.3. The predicted octanol–water partition coefficient (Wildman–Crippen LogP) is 11.0. The Morgan fingerprint density at radius 3 is 0.919 bits per heavy atom. The van der Waals surface area contributed by atoms with Gasteiger partial charge < -0.3 is 15.1 Å². The second-order valence-electron chi connectivity index (χ2n) is 11.7. The van der Waals surface area contributed by atoms with Crippen LogP contribution < -0.4 is 0 Å². The van der Waals surface area contributed by atoms with Gasteiger partial charge in [-0.05, 0) is 26.7 Å². The maximum atomic E-state index is 9.60. The van der Waals surface area contributed by atoms with E-state index in [1.54, 1.807) is 18.7 Å². The molecule has 0 amide bonds. The standard InChI is InChI=1S/C34H69NO2/c1-4-5-6-7-8-9-10-11-12-13-14-15-16-17-18-19-20-21-22-23-24-25-26-27-28-29-30-31-32-35(33(2)36)34(3)37/h31-34,36-37H,4-30H2,1-3H3. The molecule has 3 nitrogen and oxygen atoms in total. The average molecular weight is 524 g/mol. The fourth-order valence-electron chi connectivity index (χ4n) is 5.34. The number of rotatable bonds is 30. The summed E-state index contributed by atoms with van der Waals surface area (Å²) >= 11 is 0. The van der Waals surface area contributed by atoms with E-state index < -0.39 is 12.5 Å². The lowest BCUT2D eigenvalue weighted by atomic mass is 10.0. The molecule has 0 bridgehead atoms. The van der Waals surface area contributed by atoms with E-state index in [4.69, 9.17) is 0 Å². The van der Waals surface area contributed by atoms with Crippen molar-refractivity contribution in [3.8, 4) is 0 Å². The van der Waals surface area contributed by atoms with Gasteiger partial charge >= 0.3 is 0 Å². The first-order chi connectivity index (χ1) is 18.1. The number of nitrogens with zero attached hydrogens (tertiary/aromatic N) is 1. The SMILES string of the molecule is CCCCCCCCCCCCCCCCCCCCCCCCCCCCC=CN(C(C)O)C(C)O. The molecule has 0 saturated heterocycles. The van der Waals surface area contributed by atoms with Gasteiger partial charge in [-0.1, -0.05) is 174 Å². The third-order valence-electron chi connectivity index (χ3n) is 7.86. The summed E-state index contributed by atoms with van der Waals surface area (Å²) in [7, 11) is 0. The van der Waals surface area contributed by atoms with Crippen molar-refractivity contribution in [3.05, 3.63) is 12.3 Å². The Labute approximate surface area is 233 Å². The first-order valence-electron chi connectivity index (χ1n) is 16.9. The Bertz CT molecular complexity index is 441. The van der Waals surface area contributed by atoms with E-state index >= 15 is 0 Å². The van der Waals surface area contributed by atoms with Gasteiger partial charge in [-0.25, -0.2) is 0 Å². The summed E-state index contributed by atoms with van der Waals surface area (Å²) in [6, 6.07) is 0. The van der Waals surface area contributed by atoms with Crippen molar-refractivity contribution in [1.82, 2.24) is 4.90 Å². The fourth-order valence-corrected chi connectivity index (χ4v) is 5.34. The van der Waals surface area contributed by atoms with Gasteiger partial charge in [0.2, 0.25) is 0 Å². The van der Waals surface area contributed by atoms with Crippen molar-refractivity contribution in [1.29, 1.82) is 0 Å². The number of aliphatic hydroxyl groups is 2. The van der Waals surface area contributed by atoms with Gasteiger partial charge in [-0.2, -0.15) is 0 Å². The minimum absolute atomic E-state index is 0.648. The van der Waals surface area contributed by atoms with E-state index in [1.807, 2.05) is 6.20 Å². The lowest BCUT2D eigenvalue weighted by Gasteiger charge is -2.26. The Morgan fingerprint density at radius 1 is 0.432 bits per heavy atom. The monoisotopic (exact) mass is 524 g/mol. The number of aliphatic hydroxyl groups excluding tert-OH is 2. The first-order valence-corrected chi connectivity index (χ1v) is 16.9. The molecule has 222 valence electrons. The number of hydrogen-bond donors (Lipinski definition) is 2. The van der Waals surface area contributed by atoms with Gasteiger partial charge in [0.25, 0.3) is 0 Å². The largest absolute Gasteiger partial charge is 0.374 e. The Balaban J connectivity index is 3.16. The highest BCUT2D eigenvalue weighted by molar-refractivity contribution is 4.83. The van der Waals surface area contributed by atoms with Gasteiger partial charge in [0.1, 0.15) is 12.5 Å². The second-order valence-corrected chi connectivity index (χ2v) is 11.7. The Hall–Kier alpha value is -0.540. The summed E-state index contributed by atoms with van der Waals surface area (Å²) in [5.41, 5.74) is 0. The van der Waals surface area contributed by atoms with Crippen LogP contribution in [0, 0.1) is 0 Å². The molecule has 0 spiro atoms. The zero-order valence-corrected chi connectivity index (χ0v) is 25.7. The fraction of sp³-hybridized carbons (Fsp3) is 0.941. The van der Waals surface area contributed by atoms with Crippen molar-refractivity contribution < 1.29 is 10.2 Å². The van der Waals surface area contributed by atoms with E-state index in [-0.39, 0.29) is 0 Å². The first kappa shape index (κ1) is 36.5. The van der Waals surface area contributed by atoms with Gasteiger partial charge in [-0.3, -0.25) is 0 Å². The van der Waals surface area contributed by atoms with Crippen LogP contribution in [0.3, 0.4) is 0 Å². The smallest absolute Gasteiger partial charge is 0.125 e. The zero-order chi connectivity index (χ0) is 27.2. The van der Waals surface area contributed by atoms with E-state index in [0.717, 1.165) is 6.42 Å². The van der Waals surface area contributed by atoms with Crippen molar-refractivity contribution in [3.63, 3.8) is 0 Å². The molecular weight excluding hydrogens is 454 g/mol. The lowest BCUT2D eigenvalue weighted by molar-refractivity contribution is -0.0513. The van der Waals surface area contributed by atoms with Crippen LogP contribution in [0.1, 0.15) is 194 Å². The van der Waals surface area contributed by atoms with Gasteiger partial charge in [0.05, 0.1) is 0 Å². The molecule has 0 aromatic heterocycles. The van der Waals surface area contributed by atoms with Crippen molar-refractivity contribution >= 4 is 0 Å². The third-order valence-corrected chi connectivity index (χ3v) is 7.86. The van der Waals surface area contributed by atoms with Crippen LogP contribution in [0.15, 0.2) is 12.3 Å². The maximum absolute atomic E-state index is 9.60. The van der Waals surface area contributed by atoms with E-state index in [9.17, 15) is 10.2 Å². The molecule has 0 rings (SSSR count). The molecule has 0 aromatic rings. The molecule has 0 heterocycles. The molecular formula is C34H69NO2. The lowest BCUT2D eigenvalue weighted by Crippen LogP contribution is -2.35. The summed E-state index contributed by atoms with van der Waals surface area (Å²) in [5.74, 6) is 0. The molecule has 0 fully saturated rings. The van der Waals surface area contributed by atoms with Crippen LogP contribution in [0.25, 0.3) is 0 Å². The molecule has 2 atom stereocenters. The van der Waals surface area contributed by atoms with Crippen LogP contribution in [0.5, 0.6) is 0 Å². The van der Waals surface area contributed by atoms with Crippen LogP contribution in [-0.4, -0.2) is 27.6 Å². The molecule has 0 aromatic carbocycles. The minimum atomic E-state index is -0.648. The minimum Gasteiger partial charge on any atom is -0.374 e. The molecule has 0 aliphatic heterocycles. The van der Waals surface area contributed by atoms with E-state index in [0.29, 0.717) is 0 Å². The van der Waals surface area contributed by atoms with Gasteiger partial charge in [0.15, 0.2) is 0 Å². The molecule has 37 heavy (non-hydrogen) atoms. The summed E-state index contributed by atoms with van der Waals surface area (Å²) in [4.78, 5) is 1.57. The Morgan fingerprint density at radius 2 is 0.676 bits per heavy atom. The zero-order valence-electron chi connectivity index (χ0n) is 25.7. The van der Waals surface area contributed by atoms with Crippen LogP contribution >= 0.6 is 0 Å². The quantitative estimate of drug-likeness (QED) is 0.0726. The summed E-state index contributed by atoms with van der Waals surface area (Å²) < 4.78 is 0. The van der Waals surface area contributed by atoms with Gasteiger partial charge in [0, 0.05) is 6.20 Å². The summed E-state index contributed by atoms with van der Waals surface area (Å²) in [6.45, 7) is 5.66. The summed E-state index contributed by atoms with van der Waals surface area (Å²) in [5, 5.41) is 19.2. The second kappa shape index (κ2) is 30.0. The number of hydrogen-bond acceptors (Lipinski definition) is 3. The predicted molar refractivity (Wildman–Crippen MR) is 165 cm³/mol. The van der Waals surface area contributed by atoms with Crippen molar-refractivity contribution in [2.24, 2.45) is 0 Å². The number of allylic oxidation sites excluding steroid dienone is 1. The van der Waals surface area contributed by atoms with Crippen LogP contribution in [-0.2, 0) is 0 Å². The van der Waals surface area contributed by atoms with E-state index in [2.05, 4.69) is 13.0 Å². The normalized spacial score (nSPS) is 13.4. The number of unbranched alkanes of at least 4 members (excludes halogenated alkanes) is 26. The highest BCUT2D eigenvalue weighted by atomic mass is 16.3. The highest BCUT2D eigenvalue weighted by Crippen LogP contribution is 2.16. The molecule has 3 heteroatoms. The molecule has 0 saturated carbocycles. The maximum Gasteiger partial charge on any atom is 0.125 e. The molecule has 0 aliphatic rings. The van der Waals surface area contributed by atoms with Crippen molar-refractivity contribution in [2.75, 3.05) is 0 Å².